The van der Waals surface area contributed by atoms with Gasteiger partial charge in [0.2, 0.25) is 0 Å². The summed E-state index contributed by atoms with van der Waals surface area (Å²) in [6, 6.07) is 25.1. The van der Waals surface area contributed by atoms with Crippen molar-refractivity contribution in [1.29, 1.82) is 0 Å². The summed E-state index contributed by atoms with van der Waals surface area (Å²) in [5.74, 6) is 0. The van der Waals surface area contributed by atoms with Gasteiger partial charge in [0.25, 0.3) is 0 Å². The zero-order valence-corrected chi connectivity index (χ0v) is 21.4. The van der Waals surface area contributed by atoms with E-state index in [1.807, 2.05) is 12.1 Å². The van der Waals surface area contributed by atoms with Crippen LogP contribution in [0.5, 0.6) is 0 Å². The SMILES string of the molecule is CSc1ccc(NCCc2cccc(-c3cc(CC(C)S(C)(=O)=O)cc4cccnc34)c2)cc1. The first-order valence-electron chi connectivity index (χ1n) is 11.4. The number of fused-ring (bicyclic) bond motifs is 1. The maximum absolute atomic E-state index is 12.0. The fourth-order valence-corrected chi connectivity index (χ4v) is 4.93. The molecule has 1 heterocycles. The Kier molecular flexibility index (Phi) is 7.59. The van der Waals surface area contributed by atoms with Crippen molar-refractivity contribution in [3.63, 3.8) is 0 Å². The molecule has 1 N–H and O–H groups in total. The Hall–Kier alpha value is -2.83. The summed E-state index contributed by atoms with van der Waals surface area (Å²) in [7, 11) is -3.10. The van der Waals surface area contributed by atoms with Crippen molar-refractivity contribution in [1.82, 2.24) is 4.98 Å². The molecule has 6 heteroatoms. The quantitative estimate of drug-likeness (QED) is 0.281. The Labute approximate surface area is 206 Å². The van der Waals surface area contributed by atoms with Gasteiger partial charge in [-0.2, -0.15) is 0 Å². The van der Waals surface area contributed by atoms with Crippen LogP contribution in [0.1, 0.15) is 18.1 Å². The van der Waals surface area contributed by atoms with Crippen LogP contribution in [0.4, 0.5) is 5.69 Å². The van der Waals surface area contributed by atoms with Crippen LogP contribution in [0.25, 0.3) is 22.0 Å². The van der Waals surface area contributed by atoms with Crippen molar-refractivity contribution >= 4 is 38.2 Å². The smallest absolute Gasteiger partial charge is 0.150 e. The highest BCUT2D eigenvalue weighted by Gasteiger charge is 2.17. The molecule has 0 radical (unpaired) electrons. The van der Waals surface area contributed by atoms with E-state index in [-0.39, 0.29) is 0 Å². The molecule has 4 rings (SSSR count). The molecule has 3 aromatic carbocycles. The van der Waals surface area contributed by atoms with Crippen molar-refractivity contribution in [2.45, 2.75) is 29.9 Å². The van der Waals surface area contributed by atoms with Crippen LogP contribution in [-0.4, -0.2) is 37.7 Å². The lowest BCUT2D eigenvalue weighted by molar-refractivity contribution is 0.588. The number of nitrogens with one attached hydrogen (secondary N) is 1. The normalized spacial score (nSPS) is 12.6. The van der Waals surface area contributed by atoms with E-state index >= 15 is 0 Å². The lowest BCUT2D eigenvalue weighted by Crippen LogP contribution is -2.18. The molecule has 1 aromatic heterocycles. The average Bonchev–Trinajstić information content (AvgIpc) is 2.83. The first-order valence-corrected chi connectivity index (χ1v) is 14.5. The summed E-state index contributed by atoms with van der Waals surface area (Å²) >= 11 is 1.74. The predicted molar refractivity (Wildman–Crippen MR) is 146 cm³/mol. The van der Waals surface area contributed by atoms with Crippen LogP contribution >= 0.6 is 11.8 Å². The summed E-state index contributed by atoms with van der Waals surface area (Å²) in [5, 5.41) is 4.09. The third-order valence-electron chi connectivity index (χ3n) is 6.09. The predicted octanol–water partition coefficient (Wildman–Crippen LogP) is 6.25. The molecule has 1 unspecified atom stereocenters. The van der Waals surface area contributed by atoms with Gasteiger partial charge in [-0.05, 0) is 85.2 Å². The van der Waals surface area contributed by atoms with Crippen molar-refractivity contribution in [2.75, 3.05) is 24.4 Å². The van der Waals surface area contributed by atoms with Crippen LogP contribution in [0.2, 0.25) is 0 Å². The number of benzene rings is 3. The van der Waals surface area contributed by atoms with E-state index in [0.29, 0.717) is 6.42 Å². The Morgan fingerprint density at radius 3 is 2.50 bits per heavy atom. The van der Waals surface area contributed by atoms with Gasteiger partial charge in [0.15, 0.2) is 0 Å². The van der Waals surface area contributed by atoms with Crippen LogP contribution in [0.15, 0.2) is 83.9 Å². The number of sulfone groups is 1. The molecule has 0 fully saturated rings. The number of rotatable bonds is 9. The number of hydrogen-bond donors (Lipinski definition) is 1. The number of anilines is 1. The van der Waals surface area contributed by atoms with Crippen molar-refractivity contribution in [3.8, 4) is 11.1 Å². The number of aromatic nitrogens is 1. The molecule has 0 saturated carbocycles. The number of pyridine rings is 1. The Balaban J connectivity index is 1.57. The van der Waals surface area contributed by atoms with Crippen molar-refractivity contribution in [3.05, 3.63) is 90.1 Å². The van der Waals surface area contributed by atoms with E-state index in [9.17, 15) is 8.42 Å². The highest BCUT2D eigenvalue weighted by molar-refractivity contribution is 7.98. The van der Waals surface area contributed by atoms with Crippen LogP contribution in [-0.2, 0) is 22.7 Å². The third-order valence-corrected chi connectivity index (χ3v) is 8.46. The van der Waals surface area contributed by atoms with Gasteiger partial charge in [-0.1, -0.05) is 30.3 Å². The highest BCUT2D eigenvalue weighted by Crippen LogP contribution is 2.30. The number of nitrogens with zero attached hydrogens (tertiary/aromatic N) is 1. The second kappa shape index (κ2) is 10.6. The average molecular weight is 491 g/mol. The van der Waals surface area contributed by atoms with E-state index in [1.54, 1.807) is 24.9 Å². The molecular weight excluding hydrogens is 460 g/mol. The lowest BCUT2D eigenvalue weighted by atomic mass is 9.95. The molecule has 34 heavy (non-hydrogen) atoms. The lowest BCUT2D eigenvalue weighted by Gasteiger charge is -2.14. The zero-order chi connectivity index (χ0) is 24.1. The maximum Gasteiger partial charge on any atom is 0.150 e. The maximum atomic E-state index is 12.0. The summed E-state index contributed by atoms with van der Waals surface area (Å²) < 4.78 is 24.0. The molecule has 4 nitrogen and oxygen atoms in total. The summed E-state index contributed by atoms with van der Waals surface area (Å²) in [6.07, 6.45) is 6.57. The zero-order valence-electron chi connectivity index (χ0n) is 19.8. The fraction of sp³-hybridized carbons (Fsp3) is 0.250. The van der Waals surface area contributed by atoms with Crippen molar-refractivity contribution in [2.24, 2.45) is 0 Å². The van der Waals surface area contributed by atoms with Gasteiger partial charge in [0, 0.05) is 40.5 Å². The molecule has 4 aromatic rings. The molecule has 0 aliphatic heterocycles. The molecular formula is C28H30N2O2S2. The van der Waals surface area contributed by atoms with Gasteiger partial charge in [0.1, 0.15) is 9.84 Å². The number of thioether (sulfide) groups is 1. The van der Waals surface area contributed by atoms with E-state index in [2.05, 4.69) is 77.2 Å². The van der Waals surface area contributed by atoms with E-state index in [0.717, 1.165) is 46.2 Å². The highest BCUT2D eigenvalue weighted by atomic mass is 32.2. The fourth-order valence-electron chi connectivity index (χ4n) is 4.03. The third kappa shape index (κ3) is 5.99. The minimum Gasteiger partial charge on any atom is -0.385 e. The molecule has 0 amide bonds. The topological polar surface area (TPSA) is 59.1 Å². The summed E-state index contributed by atoms with van der Waals surface area (Å²) in [5.41, 5.74) is 6.44. The van der Waals surface area contributed by atoms with Gasteiger partial charge < -0.3 is 5.32 Å². The first kappa shape index (κ1) is 24.3. The van der Waals surface area contributed by atoms with Crippen LogP contribution in [0.3, 0.4) is 0 Å². The first-order chi connectivity index (χ1) is 16.3. The van der Waals surface area contributed by atoms with E-state index < -0.39 is 15.1 Å². The van der Waals surface area contributed by atoms with E-state index in [4.69, 9.17) is 0 Å². The summed E-state index contributed by atoms with van der Waals surface area (Å²) in [6.45, 7) is 2.61. The summed E-state index contributed by atoms with van der Waals surface area (Å²) in [4.78, 5) is 5.90. The van der Waals surface area contributed by atoms with Gasteiger partial charge in [-0.3, -0.25) is 4.98 Å². The molecule has 0 aliphatic rings. The molecule has 0 spiro atoms. The van der Waals surface area contributed by atoms with Crippen LogP contribution in [0, 0.1) is 0 Å². The second-order valence-corrected chi connectivity index (χ2v) is 12.0. The largest absolute Gasteiger partial charge is 0.385 e. The molecule has 176 valence electrons. The van der Waals surface area contributed by atoms with Gasteiger partial charge in [0.05, 0.1) is 10.8 Å². The Bertz CT molecular complexity index is 1380. The van der Waals surface area contributed by atoms with E-state index in [1.165, 1.54) is 16.7 Å². The molecule has 1 atom stereocenters. The number of hydrogen-bond acceptors (Lipinski definition) is 5. The monoisotopic (exact) mass is 490 g/mol. The molecule has 0 bridgehead atoms. The second-order valence-electron chi connectivity index (χ2n) is 8.67. The minimum absolute atomic E-state index is 0.433. The molecule has 0 aliphatic carbocycles. The van der Waals surface area contributed by atoms with Gasteiger partial charge in [-0.15, -0.1) is 11.8 Å². The van der Waals surface area contributed by atoms with Gasteiger partial charge in [-0.25, -0.2) is 8.42 Å². The standard InChI is InChI=1S/C28H30N2O2S2/c1-20(34(3,31)32)16-22-18-24-8-5-14-30-28(24)27(19-22)23-7-4-6-21(17-23)13-15-29-25-9-11-26(33-2)12-10-25/h4-12,14,17-20,29H,13,15-16H2,1-3H3. The van der Waals surface area contributed by atoms with Crippen molar-refractivity contribution < 1.29 is 8.42 Å². The molecule has 0 saturated heterocycles. The Morgan fingerprint density at radius 2 is 1.76 bits per heavy atom. The Morgan fingerprint density at radius 1 is 0.971 bits per heavy atom. The minimum atomic E-state index is -3.10. The van der Waals surface area contributed by atoms with Crippen LogP contribution < -0.4 is 5.32 Å². The van der Waals surface area contributed by atoms with Gasteiger partial charge >= 0.3 is 0 Å².